The molecule has 2 aliphatic rings. The van der Waals surface area contributed by atoms with Crippen molar-refractivity contribution in [3.05, 3.63) is 74.7 Å². The van der Waals surface area contributed by atoms with Gasteiger partial charge in [-0.15, -0.1) is 11.3 Å². The van der Waals surface area contributed by atoms with Crippen molar-refractivity contribution in [2.75, 3.05) is 13.6 Å². The van der Waals surface area contributed by atoms with E-state index < -0.39 is 28.1 Å². The Kier molecular flexibility index (Phi) is 6.64. The summed E-state index contributed by atoms with van der Waals surface area (Å²) in [6, 6.07) is 2.80. The number of thiazole rings is 1. The summed E-state index contributed by atoms with van der Waals surface area (Å²) in [6.45, 7) is 0.264. The highest BCUT2D eigenvalue weighted by Gasteiger charge is 2.41. The molecule has 0 amide bonds. The molecule has 9 nitrogen and oxygen atoms in total. The number of halogens is 2. The van der Waals surface area contributed by atoms with Gasteiger partial charge in [-0.3, -0.25) is 4.99 Å². The molecule has 5 N–H and O–H groups in total. The van der Waals surface area contributed by atoms with Crippen LogP contribution in [0, 0.1) is 11.2 Å². The molecule has 174 valence electrons. The van der Waals surface area contributed by atoms with E-state index >= 15 is 0 Å². The van der Waals surface area contributed by atoms with Crippen LogP contribution in [0.3, 0.4) is 0 Å². The average molecular weight is 510 g/mol. The molecule has 3 heterocycles. The molecule has 1 aromatic heterocycles. The first-order chi connectivity index (χ1) is 15.7. The van der Waals surface area contributed by atoms with Crippen LogP contribution in [0.5, 0.6) is 0 Å². The zero-order valence-electron chi connectivity index (χ0n) is 17.4. The van der Waals surface area contributed by atoms with Crippen molar-refractivity contribution in [2.24, 2.45) is 10.1 Å². The summed E-state index contributed by atoms with van der Waals surface area (Å²) >= 11 is 7.78. The Morgan fingerprint density at radius 2 is 2.24 bits per heavy atom. The van der Waals surface area contributed by atoms with Gasteiger partial charge in [0.15, 0.2) is 10.8 Å². The summed E-state index contributed by atoms with van der Waals surface area (Å²) < 4.78 is 39.6. The van der Waals surface area contributed by atoms with E-state index in [0.29, 0.717) is 27.7 Å². The predicted molar refractivity (Wildman–Crippen MR) is 127 cm³/mol. The second-order valence-corrected chi connectivity index (χ2v) is 10.1. The third kappa shape index (κ3) is 4.99. The van der Waals surface area contributed by atoms with E-state index in [1.807, 2.05) is 10.3 Å². The fourth-order valence-electron chi connectivity index (χ4n) is 3.95. The van der Waals surface area contributed by atoms with Crippen molar-refractivity contribution in [1.29, 1.82) is 5.41 Å². The Labute approximate surface area is 199 Å². The quantitative estimate of drug-likeness (QED) is 0.424. The van der Waals surface area contributed by atoms with E-state index in [0.717, 1.165) is 0 Å². The summed E-state index contributed by atoms with van der Waals surface area (Å²) in [6.07, 6.45) is 5.12. The number of amidine groups is 1. The lowest BCUT2D eigenvalue weighted by molar-refractivity contribution is 0.514. The molecule has 2 atom stereocenters. The van der Waals surface area contributed by atoms with Gasteiger partial charge in [0.1, 0.15) is 11.9 Å². The fraction of sp³-hybridized carbons (Fsp3) is 0.250. The van der Waals surface area contributed by atoms with E-state index in [2.05, 4.69) is 15.0 Å². The molecule has 0 spiro atoms. The number of benzene rings is 1. The smallest absolute Gasteiger partial charge is 0.274 e. The molecule has 33 heavy (non-hydrogen) atoms. The topological polar surface area (TPSA) is 137 Å². The molecule has 0 saturated carbocycles. The number of nitrogens with zero attached hydrogens (tertiary/aromatic N) is 3. The second kappa shape index (κ2) is 9.31. The Morgan fingerprint density at radius 3 is 2.88 bits per heavy atom. The van der Waals surface area contributed by atoms with Gasteiger partial charge in [-0.2, -0.15) is 13.1 Å². The Balaban J connectivity index is 1.91. The van der Waals surface area contributed by atoms with Crippen molar-refractivity contribution in [3.8, 4) is 0 Å². The van der Waals surface area contributed by atoms with Gasteiger partial charge in [-0.1, -0.05) is 17.7 Å². The summed E-state index contributed by atoms with van der Waals surface area (Å²) in [4.78, 5) is 11.1. The van der Waals surface area contributed by atoms with Gasteiger partial charge >= 0.3 is 0 Å². The van der Waals surface area contributed by atoms with Gasteiger partial charge < -0.3 is 15.6 Å². The third-order valence-electron chi connectivity index (χ3n) is 5.18. The molecule has 1 unspecified atom stereocenters. The molecule has 0 bridgehead atoms. The summed E-state index contributed by atoms with van der Waals surface area (Å²) in [5, 5.41) is 19.4. The van der Waals surface area contributed by atoms with E-state index in [9.17, 15) is 12.8 Å². The lowest BCUT2D eigenvalue weighted by Crippen LogP contribution is -2.42. The maximum atomic E-state index is 13.8. The lowest BCUT2D eigenvalue weighted by atomic mass is 9.91. The van der Waals surface area contributed by atoms with Crippen LogP contribution in [-0.2, 0) is 10.2 Å². The van der Waals surface area contributed by atoms with Gasteiger partial charge in [0.25, 0.3) is 10.2 Å². The predicted octanol–water partition coefficient (Wildman–Crippen LogP) is 2.31. The zero-order valence-corrected chi connectivity index (χ0v) is 19.8. The van der Waals surface area contributed by atoms with E-state index in [-0.39, 0.29) is 23.7 Å². The number of aromatic nitrogens is 1. The highest BCUT2D eigenvalue weighted by molar-refractivity contribution is 7.87. The maximum absolute atomic E-state index is 13.8. The fourth-order valence-corrected chi connectivity index (χ4v) is 5.48. The van der Waals surface area contributed by atoms with Gasteiger partial charge in [0, 0.05) is 59.5 Å². The minimum Gasteiger partial charge on any atom is -0.394 e. The van der Waals surface area contributed by atoms with Crippen LogP contribution in [0.4, 0.5) is 4.39 Å². The van der Waals surface area contributed by atoms with E-state index in [1.165, 1.54) is 23.5 Å². The Morgan fingerprint density at radius 1 is 1.45 bits per heavy atom. The number of aliphatic imine (C=N–C) groups is 1. The standard InChI is InChI=1S/C20H21ClFN7O2S2/c1-25-5-4-15(23)17-16-9-12(28-33(24,30)31)10-29(16)19(20-26-6-7-32-20)27-18(17)13-3-2-11(22)8-14(13)21/h2-8,12,18,23,25,28H,9-10H2,1H3,(H2,24,30,31)/b5-4-,23-15?/t12?,18-/m0/s1. The number of allylic oxidation sites excluding steroid dienone is 1. The highest BCUT2D eigenvalue weighted by Crippen LogP contribution is 2.42. The van der Waals surface area contributed by atoms with Crippen LogP contribution in [0.15, 0.2) is 58.3 Å². The van der Waals surface area contributed by atoms with Crippen molar-refractivity contribution in [2.45, 2.75) is 18.5 Å². The van der Waals surface area contributed by atoms with Gasteiger partial charge in [0.2, 0.25) is 0 Å². The summed E-state index contributed by atoms with van der Waals surface area (Å²) in [5.41, 5.74) is 1.93. The molecule has 1 saturated heterocycles. The second-order valence-electron chi connectivity index (χ2n) is 7.43. The van der Waals surface area contributed by atoms with Crippen LogP contribution in [0.25, 0.3) is 0 Å². The van der Waals surface area contributed by atoms with E-state index in [4.69, 9.17) is 27.1 Å². The Bertz CT molecular complexity index is 1280. The molecule has 2 aliphatic heterocycles. The molecular formula is C20H21ClFN7O2S2. The SMILES string of the molecule is CN/C=C\C(=N)C1=C2CC(NS(N)(=O)=O)CN2C(c2nccs2)=N[C@H]1c1ccc(F)cc1Cl. The lowest BCUT2D eigenvalue weighted by Gasteiger charge is -2.32. The number of nitrogens with one attached hydrogen (secondary N) is 3. The first-order valence-electron chi connectivity index (χ1n) is 9.84. The van der Waals surface area contributed by atoms with Gasteiger partial charge in [-0.25, -0.2) is 14.5 Å². The molecular weight excluding hydrogens is 489 g/mol. The number of hydrogen-bond acceptors (Lipinski definition) is 8. The largest absolute Gasteiger partial charge is 0.394 e. The number of nitrogens with two attached hydrogens (primary N) is 1. The normalized spacial score (nSPS) is 20.8. The Hall–Kier alpha value is -2.64. The minimum atomic E-state index is -3.94. The summed E-state index contributed by atoms with van der Waals surface area (Å²) in [5.74, 6) is 0.0428. The molecule has 1 aromatic carbocycles. The van der Waals surface area contributed by atoms with Crippen LogP contribution in [0.1, 0.15) is 23.0 Å². The molecule has 4 rings (SSSR count). The molecule has 2 aromatic rings. The molecule has 0 radical (unpaired) electrons. The van der Waals surface area contributed by atoms with Crippen molar-refractivity contribution >= 4 is 44.7 Å². The van der Waals surface area contributed by atoms with E-state index in [1.54, 1.807) is 31.6 Å². The maximum Gasteiger partial charge on any atom is 0.274 e. The van der Waals surface area contributed by atoms with Crippen molar-refractivity contribution < 1.29 is 12.8 Å². The first kappa shape index (κ1) is 23.5. The molecule has 1 fully saturated rings. The number of rotatable bonds is 7. The van der Waals surface area contributed by atoms with Crippen LogP contribution >= 0.6 is 22.9 Å². The third-order valence-corrected chi connectivity index (χ3v) is 6.94. The van der Waals surface area contributed by atoms with Crippen LogP contribution < -0.4 is 15.2 Å². The van der Waals surface area contributed by atoms with Crippen LogP contribution in [0.2, 0.25) is 5.02 Å². The van der Waals surface area contributed by atoms with Crippen molar-refractivity contribution in [3.63, 3.8) is 0 Å². The summed E-state index contributed by atoms with van der Waals surface area (Å²) in [7, 11) is -2.23. The highest BCUT2D eigenvalue weighted by atomic mass is 35.5. The van der Waals surface area contributed by atoms with Gasteiger partial charge in [0.05, 0.1) is 5.71 Å². The van der Waals surface area contributed by atoms with Gasteiger partial charge in [-0.05, 0) is 24.4 Å². The monoisotopic (exact) mass is 509 g/mol. The zero-order chi connectivity index (χ0) is 23.8. The average Bonchev–Trinajstić information content (AvgIpc) is 3.39. The first-order valence-corrected chi connectivity index (χ1v) is 12.6. The molecule has 13 heteroatoms. The number of fused-ring (bicyclic) bond motifs is 1. The van der Waals surface area contributed by atoms with Crippen LogP contribution in [-0.4, -0.2) is 49.5 Å². The minimum absolute atomic E-state index is 0.160. The number of hydrogen-bond donors (Lipinski definition) is 4. The van der Waals surface area contributed by atoms with Crippen molar-refractivity contribution in [1.82, 2.24) is 19.9 Å². The molecule has 0 aliphatic carbocycles.